The molecule has 0 atom stereocenters. The van der Waals surface area contributed by atoms with Crippen molar-refractivity contribution >= 4 is 27.5 Å². The molecule has 0 fully saturated rings. The Bertz CT molecular complexity index is 529. The summed E-state index contributed by atoms with van der Waals surface area (Å²) >= 11 is 3.13. The standard InChI is InChI=1S/C13H15BrN2O3/c1-4-15(8-9(2)3)13(17)10-6-5-7-11(12(10)14)16(18)19/h5-7H,2,4,8H2,1,3H3. The number of hydrogen-bond acceptors (Lipinski definition) is 3. The fourth-order valence-corrected chi connectivity index (χ4v) is 2.23. The van der Waals surface area contributed by atoms with Crippen molar-refractivity contribution in [2.75, 3.05) is 13.1 Å². The molecule has 1 aromatic rings. The molecule has 0 N–H and O–H groups in total. The maximum Gasteiger partial charge on any atom is 0.284 e. The van der Waals surface area contributed by atoms with Crippen molar-refractivity contribution in [3.8, 4) is 0 Å². The van der Waals surface area contributed by atoms with Crippen LogP contribution in [0.5, 0.6) is 0 Å². The lowest BCUT2D eigenvalue weighted by Crippen LogP contribution is -2.32. The highest BCUT2D eigenvalue weighted by molar-refractivity contribution is 9.10. The van der Waals surface area contributed by atoms with E-state index in [-0.39, 0.29) is 21.6 Å². The number of likely N-dealkylation sites (N-methyl/N-ethyl adjacent to an activating group) is 1. The number of benzene rings is 1. The molecule has 0 bridgehead atoms. The van der Waals surface area contributed by atoms with Gasteiger partial charge in [-0.2, -0.15) is 0 Å². The summed E-state index contributed by atoms with van der Waals surface area (Å²) in [5.74, 6) is -0.249. The van der Waals surface area contributed by atoms with Crippen LogP contribution in [0, 0.1) is 10.1 Å². The van der Waals surface area contributed by atoms with Gasteiger partial charge in [0.1, 0.15) is 4.47 Å². The fraction of sp³-hybridized carbons (Fsp3) is 0.308. The van der Waals surface area contributed by atoms with E-state index in [0.717, 1.165) is 5.57 Å². The topological polar surface area (TPSA) is 63.5 Å². The molecule has 19 heavy (non-hydrogen) atoms. The monoisotopic (exact) mass is 326 g/mol. The van der Waals surface area contributed by atoms with Gasteiger partial charge in [-0.3, -0.25) is 14.9 Å². The molecule has 6 heteroatoms. The molecule has 0 heterocycles. The van der Waals surface area contributed by atoms with Crippen LogP contribution in [-0.2, 0) is 0 Å². The van der Waals surface area contributed by atoms with Crippen molar-refractivity contribution in [3.05, 3.63) is 50.5 Å². The summed E-state index contributed by atoms with van der Waals surface area (Å²) in [4.78, 5) is 24.3. The third kappa shape index (κ3) is 3.64. The van der Waals surface area contributed by atoms with E-state index in [9.17, 15) is 14.9 Å². The molecule has 0 spiro atoms. The Kier molecular flexibility index (Phi) is 5.23. The molecule has 0 unspecified atom stereocenters. The lowest BCUT2D eigenvalue weighted by molar-refractivity contribution is -0.385. The van der Waals surface area contributed by atoms with Crippen molar-refractivity contribution < 1.29 is 9.72 Å². The molecule has 0 aliphatic carbocycles. The van der Waals surface area contributed by atoms with E-state index < -0.39 is 4.92 Å². The van der Waals surface area contributed by atoms with Gasteiger partial charge in [-0.25, -0.2) is 0 Å². The van der Waals surface area contributed by atoms with Gasteiger partial charge in [0, 0.05) is 19.2 Å². The van der Waals surface area contributed by atoms with Crippen molar-refractivity contribution in [2.24, 2.45) is 0 Å². The summed E-state index contributed by atoms with van der Waals surface area (Å²) in [7, 11) is 0. The summed E-state index contributed by atoms with van der Waals surface area (Å²) < 4.78 is 0.213. The first-order chi connectivity index (χ1) is 8.88. The smallest absolute Gasteiger partial charge is 0.284 e. The Morgan fingerprint density at radius 2 is 2.16 bits per heavy atom. The first kappa shape index (κ1) is 15.4. The van der Waals surface area contributed by atoms with Gasteiger partial charge in [0.15, 0.2) is 0 Å². The molecule has 1 aromatic carbocycles. The van der Waals surface area contributed by atoms with Crippen molar-refractivity contribution in [2.45, 2.75) is 13.8 Å². The summed E-state index contributed by atoms with van der Waals surface area (Å²) in [6, 6.07) is 4.43. The van der Waals surface area contributed by atoms with E-state index in [1.54, 1.807) is 11.0 Å². The zero-order valence-electron chi connectivity index (χ0n) is 10.9. The second-order valence-electron chi connectivity index (χ2n) is 4.17. The van der Waals surface area contributed by atoms with Gasteiger partial charge in [0.05, 0.1) is 10.5 Å². The molecule has 1 rings (SSSR count). The van der Waals surface area contributed by atoms with Crippen LogP contribution >= 0.6 is 15.9 Å². The summed E-state index contributed by atoms with van der Waals surface area (Å²) in [6.07, 6.45) is 0. The van der Waals surface area contributed by atoms with Crippen molar-refractivity contribution in [1.29, 1.82) is 0 Å². The predicted molar refractivity (Wildman–Crippen MR) is 77.2 cm³/mol. The number of carbonyl (C=O) groups excluding carboxylic acids is 1. The maximum absolute atomic E-state index is 12.3. The fourth-order valence-electron chi connectivity index (χ4n) is 1.65. The average Bonchev–Trinajstić information content (AvgIpc) is 2.34. The van der Waals surface area contributed by atoms with Crippen molar-refractivity contribution in [1.82, 2.24) is 4.90 Å². The van der Waals surface area contributed by atoms with E-state index in [0.29, 0.717) is 13.1 Å². The highest BCUT2D eigenvalue weighted by atomic mass is 79.9. The van der Waals surface area contributed by atoms with E-state index in [1.165, 1.54) is 12.1 Å². The number of carbonyl (C=O) groups is 1. The minimum Gasteiger partial charge on any atom is -0.335 e. The number of amides is 1. The van der Waals surface area contributed by atoms with Gasteiger partial charge in [-0.15, -0.1) is 0 Å². The van der Waals surface area contributed by atoms with Gasteiger partial charge >= 0.3 is 0 Å². The quantitative estimate of drug-likeness (QED) is 0.473. The Balaban J connectivity index is 3.15. The average molecular weight is 327 g/mol. The molecule has 102 valence electrons. The van der Waals surface area contributed by atoms with Crippen LogP contribution in [0.1, 0.15) is 24.2 Å². The van der Waals surface area contributed by atoms with Crippen LogP contribution < -0.4 is 0 Å². The largest absolute Gasteiger partial charge is 0.335 e. The highest BCUT2D eigenvalue weighted by Crippen LogP contribution is 2.29. The number of nitrogens with zero attached hydrogens (tertiary/aromatic N) is 2. The van der Waals surface area contributed by atoms with Crippen LogP contribution in [0.15, 0.2) is 34.8 Å². The minimum atomic E-state index is -0.518. The number of nitro groups is 1. The zero-order valence-corrected chi connectivity index (χ0v) is 12.4. The number of nitro benzene ring substituents is 1. The number of halogens is 1. The molecular formula is C13H15BrN2O3. The second kappa shape index (κ2) is 6.47. The molecule has 1 amide bonds. The lowest BCUT2D eigenvalue weighted by Gasteiger charge is -2.21. The zero-order chi connectivity index (χ0) is 14.6. The predicted octanol–water partition coefficient (Wildman–Crippen LogP) is 3.40. The van der Waals surface area contributed by atoms with E-state index in [1.807, 2.05) is 13.8 Å². The Labute approximate surface area is 120 Å². The van der Waals surface area contributed by atoms with E-state index in [2.05, 4.69) is 22.5 Å². The van der Waals surface area contributed by atoms with Crippen LogP contribution in [0.2, 0.25) is 0 Å². The number of rotatable bonds is 5. The van der Waals surface area contributed by atoms with Crippen LogP contribution in [-0.4, -0.2) is 28.8 Å². The van der Waals surface area contributed by atoms with Gasteiger partial charge in [-0.1, -0.05) is 18.2 Å². The third-order valence-corrected chi connectivity index (χ3v) is 3.37. The lowest BCUT2D eigenvalue weighted by atomic mass is 10.1. The molecule has 0 aromatic heterocycles. The highest BCUT2D eigenvalue weighted by Gasteiger charge is 2.22. The maximum atomic E-state index is 12.3. The van der Waals surface area contributed by atoms with Crippen LogP contribution in [0.3, 0.4) is 0 Å². The third-order valence-electron chi connectivity index (χ3n) is 2.54. The Hall–Kier alpha value is -1.69. The molecule has 0 radical (unpaired) electrons. The normalized spacial score (nSPS) is 10.1. The summed E-state index contributed by atoms with van der Waals surface area (Å²) in [6.45, 7) is 8.41. The van der Waals surface area contributed by atoms with Crippen LogP contribution in [0.4, 0.5) is 5.69 Å². The SMILES string of the molecule is C=C(C)CN(CC)C(=O)c1cccc([N+](=O)[O-])c1Br. The molecule has 5 nitrogen and oxygen atoms in total. The van der Waals surface area contributed by atoms with E-state index in [4.69, 9.17) is 0 Å². The van der Waals surface area contributed by atoms with Gasteiger partial charge in [0.25, 0.3) is 11.6 Å². The molecule has 0 aliphatic heterocycles. The van der Waals surface area contributed by atoms with Gasteiger partial charge in [0.2, 0.25) is 0 Å². The molecule has 0 saturated heterocycles. The Morgan fingerprint density at radius 3 is 2.63 bits per heavy atom. The molecule has 0 aliphatic rings. The number of hydrogen-bond donors (Lipinski definition) is 0. The van der Waals surface area contributed by atoms with Crippen molar-refractivity contribution in [3.63, 3.8) is 0 Å². The first-order valence-corrected chi connectivity index (χ1v) is 6.54. The molecular weight excluding hydrogens is 312 g/mol. The second-order valence-corrected chi connectivity index (χ2v) is 4.97. The summed E-state index contributed by atoms with van der Waals surface area (Å²) in [5, 5.41) is 10.9. The van der Waals surface area contributed by atoms with Crippen LogP contribution in [0.25, 0.3) is 0 Å². The Morgan fingerprint density at radius 1 is 1.53 bits per heavy atom. The van der Waals surface area contributed by atoms with Gasteiger partial charge < -0.3 is 4.90 Å². The molecule has 0 saturated carbocycles. The van der Waals surface area contributed by atoms with Gasteiger partial charge in [-0.05, 0) is 35.8 Å². The first-order valence-electron chi connectivity index (χ1n) is 5.75. The minimum absolute atomic E-state index is 0.114. The van der Waals surface area contributed by atoms with E-state index >= 15 is 0 Å². The summed E-state index contributed by atoms with van der Waals surface area (Å²) in [5.41, 5.74) is 1.03.